The van der Waals surface area contributed by atoms with E-state index in [4.69, 9.17) is 9.47 Å². The number of thioether (sulfide) groups is 1. The summed E-state index contributed by atoms with van der Waals surface area (Å²) in [4.78, 5) is 4.40. The first-order valence-corrected chi connectivity index (χ1v) is 7.45. The van der Waals surface area contributed by atoms with Gasteiger partial charge >= 0.3 is 0 Å². The molecule has 0 saturated heterocycles. The number of hydrogen-bond donors (Lipinski definition) is 0. The summed E-state index contributed by atoms with van der Waals surface area (Å²) < 4.78 is 11.9. The highest BCUT2D eigenvalue weighted by molar-refractivity contribution is 7.98. The van der Waals surface area contributed by atoms with Crippen LogP contribution >= 0.6 is 23.1 Å². The molecule has 2 aromatic rings. The molecule has 0 saturated carbocycles. The Morgan fingerprint density at radius 1 is 1.42 bits per heavy atom. The van der Waals surface area contributed by atoms with E-state index in [1.54, 1.807) is 42.0 Å². The molecule has 104 valence electrons. The molecule has 0 aliphatic carbocycles. The average molecular weight is 301 g/mol. The van der Waals surface area contributed by atoms with Crippen LogP contribution in [0, 0.1) is 6.92 Å². The number of aryl methyl sites for hydroxylation is 1. The highest BCUT2D eigenvalue weighted by atomic mass is 32.2. The first kappa shape index (κ1) is 14.4. The van der Waals surface area contributed by atoms with Crippen molar-refractivity contribution in [3.05, 3.63) is 16.1 Å². The van der Waals surface area contributed by atoms with Crippen molar-refractivity contribution >= 4 is 23.1 Å². The molecular weight excluding hydrogens is 286 g/mol. The molecule has 0 unspecified atom stereocenters. The molecule has 0 aromatic carbocycles. The molecule has 19 heavy (non-hydrogen) atoms. The molecule has 7 nitrogen and oxygen atoms in total. The van der Waals surface area contributed by atoms with Crippen molar-refractivity contribution in [2.75, 3.05) is 14.2 Å². The van der Waals surface area contributed by atoms with Gasteiger partial charge in [0.15, 0.2) is 6.29 Å². The number of thiazole rings is 1. The van der Waals surface area contributed by atoms with Gasteiger partial charge in [0.1, 0.15) is 0 Å². The van der Waals surface area contributed by atoms with Gasteiger partial charge in [0.2, 0.25) is 5.16 Å². The third kappa shape index (κ3) is 3.96. The molecule has 0 spiro atoms. The summed E-state index contributed by atoms with van der Waals surface area (Å²) in [5.74, 6) is 0.745. The van der Waals surface area contributed by atoms with Crippen molar-refractivity contribution in [3.63, 3.8) is 0 Å². The van der Waals surface area contributed by atoms with Gasteiger partial charge in [-0.2, -0.15) is 0 Å². The molecule has 0 amide bonds. The summed E-state index contributed by atoms with van der Waals surface area (Å²) in [6.07, 6.45) is -0.357. The highest BCUT2D eigenvalue weighted by Crippen LogP contribution is 2.21. The molecule has 0 aliphatic rings. The molecule has 2 rings (SSSR count). The molecule has 0 aliphatic heterocycles. The lowest BCUT2D eigenvalue weighted by Crippen LogP contribution is -2.21. The van der Waals surface area contributed by atoms with Crippen LogP contribution in [-0.2, 0) is 21.8 Å². The van der Waals surface area contributed by atoms with Gasteiger partial charge in [-0.3, -0.25) is 0 Å². The zero-order valence-electron chi connectivity index (χ0n) is 10.9. The molecule has 0 N–H and O–H groups in total. The lowest BCUT2D eigenvalue weighted by molar-refractivity contribution is -0.113. The van der Waals surface area contributed by atoms with E-state index >= 15 is 0 Å². The zero-order valence-corrected chi connectivity index (χ0v) is 12.6. The van der Waals surface area contributed by atoms with Crippen LogP contribution < -0.4 is 0 Å². The molecule has 2 aromatic heterocycles. The van der Waals surface area contributed by atoms with E-state index in [1.165, 1.54) is 0 Å². The van der Waals surface area contributed by atoms with E-state index in [1.807, 2.05) is 12.3 Å². The molecule has 0 radical (unpaired) electrons. The summed E-state index contributed by atoms with van der Waals surface area (Å²) in [5, 5.41) is 15.4. The van der Waals surface area contributed by atoms with E-state index in [2.05, 4.69) is 20.5 Å². The molecule has 2 heterocycles. The van der Waals surface area contributed by atoms with E-state index in [-0.39, 0.29) is 6.29 Å². The Morgan fingerprint density at radius 2 is 2.21 bits per heavy atom. The lowest BCUT2D eigenvalue weighted by atomic mass is 10.6. The second kappa shape index (κ2) is 6.94. The molecule has 0 bridgehead atoms. The summed E-state index contributed by atoms with van der Waals surface area (Å²) in [6, 6.07) is 0. The van der Waals surface area contributed by atoms with Gasteiger partial charge in [-0.05, 0) is 17.4 Å². The van der Waals surface area contributed by atoms with Crippen molar-refractivity contribution in [3.8, 4) is 0 Å². The zero-order chi connectivity index (χ0) is 13.7. The monoisotopic (exact) mass is 301 g/mol. The van der Waals surface area contributed by atoms with Crippen molar-refractivity contribution in [1.29, 1.82) is 0 Å². The molecule has 0 fully saturated rings. The fourth-order valence-corrected chi connectivity index (χ4v) is 2.91. The Morgan fingerprint density at radius 3 is 2.84 bits per heavy atom. The van der Waals surface area contributed by atoms with E-state index < -0.39 is 0 Å². The smallest absolute Gasteiger partial charge is 0.209 e. The second-order valence-electron chi connectivity index (χ2n) is 3.69. The van der Waals surface area contributed by atoms with E-state index in [9.17, 15) is 0 Å². The molecule has 9 heteroatoms. The molecular formula is C10H15N5O2S2. The summed E-state index contributed by atoms with van der Waals surface area (Å²) >= 11 is 3.18. The normalized spacial score (nSPS) is 11.4. The minimum atomic E-state index is -0.357. The summed E-state index contributed by atoms with van der Waals surface area (Å²) in [7, 11) is 3.17. The summed E-state index contributed by atoms with van der Waals surface area (Å²) in [5.41, 5.74) is 1.04. The largest absolute Gasteiger partial charge is 0.354 e. The Kier molecular flexibility index (Phi) is 5.25. The number of tetrazole rings is 1. The SMILES string of the molecule is COC(Cn1nnnc1SCc1csc(C)n1)OC. The van der Waals surface area contributed by atoms with Crippen LogP contribution in [0.15, 0.2) is 10.5 Å². The minimum absolute atomic E-state index is 0.357. The number of ether oxygens (including phenoxy) is 2. The van der Waals surface area contributed by atoms with Gasteiger partial charge in [0.25, 0.3) is 0 Å². The van der Waals surface area contributed by atoms with Crippen molar-refractivity contribution < 1.29 is 9.47 Å². The number of aromatic nitrogens is 5. The second-order valence-corrected chi connectivity index (χ2v) is 5.70. The first-order chi connectivity index (χ1) is 9.22. The van der Waals surface area contributed by atoms with Crippen LogP contribution in [0.5, 0.6) is 0 Å². The Balaban J connectivity index is 1.95. The van der Waals surface area contributed by atoms with Crippen LogP contribution in [0.25, 0.3) is 0 Å². The number of nitrogens with zero attached hydrogens (tertiary/aromatic N) is 5. The van der Waals surface area contributed by atoms with Crippen LogP contribution in [0.4, 0.5) is 0 Å². The first-order valence-electron chi connectivity index (χ1n) is 5.58. The minimum Gasteiger partial charge on any atom is -0.354 e. The number of methoxy groups -OCH3 is 2. The Labute approximate surface area is 119 Å². The van der Waals surface area contributed by atoms with Crippen molar-refractivity contribution in [2.24, 2.45) is 0 Å². The van der Waals surface area contributed by atoms with Crippen molar-refractivity contribution in [2.45, 2.75) is 30.7 Å². The van der Waals surface area contributed by atoms with Crippen LogP contribution in [0.1, 0.15) is 10.7 Å². The van der Waals surface area contributed by atoms with Crippen LogP contribution in [0.2, 0.25) is 0 Å². The van der Waals surface area contributed by atoms with Gasteiger partial charge in [-0.1, -0.05) is 11.8 Å². The topological polar surface area (TPSA) is 75.0 Å². The fraction of sp³-hybridized carbons (Fsp3) is 0.600. The Bertz CT molecular complexity index is 511. The highest BCUT2D eigenvalue weighted by Gasteiger charge is 2.13. The fourth-order valence-electron chi connectivity index (χ4n) is 1.41. The third-order valence-corrected chi connectivity index (χ3v) is 4.18. The maximum absolute atomic E-state index is 5.14. The van der Waals surface area contributed by atoms with Crippen LogP contribution in [0.3, 0.4) is 0 Å². The lowest BCUT2D eigenvalue weighted by Gasteiger charge is -2.13. The van der Waals surface area contributed by atoms with E-state index in [0.717, 1.165) is 21.6 Å². The number of hydrogen-bond acceptors (Lipinski definition) is 8. The third-order valence-electron chi connectivity index (χ3n) is 2.36. The van der Waals surface area contributed by atoms with Gasteiger partial charge < -0.3 is 9.47 Å². The van der Waals surface area contributed by atoms with Gasteiger partial charge in [-0.15, -0.1) is 16.4 Å². The summed E-state index contributed by atoms with van der Waals surface area (Å²) in [6.45, 7) is 2.45. The van der Waals surface area contributed by atoms with Crippen LogP contribution in [-0.4, -0.2) is 45.7 Å². The van der Waals surface area contributed by atoms with Gasteiger partial charge in [0, 0.05) is 25.4 Å². The standard InChI is InChI=1S/C10H15N5O2S2/c1-7-11-8(5-18-7)6-19-10-12-13-14-15(10)4-9(16-2)17-3/h5,9H,4,6H2,1-3H3. The van der Waals surface area contributed by atoms with Gasteiger partial charge in [-0.25, -0.2) is 9.67 Å². The maximum Gasteiger partial charge on any atom is 0.209 e. The van der Waals surface area contributed by atoms with Gasteiger partial charge in [0.05, 0.1) is 17.2 Å². The molecule has 0 atom stereocenters. The average Bonchev–Trinajstić information content (AvgIpc) is 3.02. The quantitative estimate of drug-likeness (QED) is 0.564. The predicted molar refractivity (Wildman–Crippen MR) is 72.0 cm³/mol. The van der Waals surface area contributed by atoms with Crippen molar-refractivity contribution in [1.82, 2.24) is 25.2 Å². The predicted octanol–water partition coefficient (Wildman–Crippen LogP) is 1.35. The Hall–Kier alpha value is -1.03. The number of rotatable bonds is 7. The van der Waals surface area contributed by atoms with E-state index in [0.29, 0.717) is 6.54 Å². The maximum atomic E-state index is 5.14.